The first kappa shape index (κ1) is 23.7. The van der Waals surface area contributed by atoms with Gasteiger partial charge < -0.3 is 14.9 Å². The number of piperidine rings is 2. The zero-order valence-electron chi connectivity index (χ0n) is 19.3. The van der Waals surface area contributed by atoms with E-state index < -0.39 is 34.7 Å². The first-order valence-electron chi connectivity index (χ1n) is 11.4. The number of halogens is 5. The fourth-order valence-electron chi connectivity index (χ4n) is 5.16. The summed E-state index contributed by atoms with van der Waals surface area (Å²) in [6.45, 7) is 3.75. The molecule has 2 saturated heterocycles. The minimum absolute atomic E-state index is 0.193. The first-order valence-corrected chi connectivity index (χ1v) is 11.4. The molecule has 1 N–H and O–H groups in total. The molecule has 0 atom stereocenters. The van der Waals surface area contributed by atoms with Gasteiger partial charge in [0.2, 0.25) is 5.95 Å². The van der Waals surface area contributed by atoms with E-state index in [9.17, 15) is 27.1 Å². The Hall–Kier alpha value is -3.02. The Morgan fingerprint density at radius 1 is 0.971 bits per heavy atom. The first-order chi connectivity index (χ1) is 16.5. The number of fused-ring (bicyclic) bond motifs is 1. The van der Waals surface area contributed by atoms with E-state index >= 15 is 0 Å². The minimum atomic E-state index is -5.13. The van der Waals surface area contributed by atoms with Crippen molar-refractivity contribution in [3.8, 4) is 17.0 Å². The highest BCUT2D eigenvalue weighted by molar-refractivity contribution is 5.91. The zero-order chi connectivity index (χ0) is 25.1. The number of aromatic hydroxyl groups is 1. The van der Waals surface area contributed by atoms with Crippen molar-refractivity contribution >= 4 is 17.0 Å². The van der Waals surface area contributed by atoms with Crippen molar-refractivity contribution in [3.05, 3.63) is 29.5 Å². The molecular weight excluding hydrogens is 471 g/mol. The molecule has 0 amide bonds. The summed E-state index contributed by atoms with van der Waals surface area (Å²) >= 11 is 0. The van der Waals surface area contributed by atoms with Crippen LogP contribution in [0.3, 0.4) is 0 Å². The van der Waals surface area contributed by atoms with E-state index in [1.165, 1.54) is 17.9 Å². The topological polar surface area (TPSA) is 70.3 Å². The molecular formula is C23H25F5N6O. The minimum Gasteiger partial charge on any atom is -0.503 e. The lowest BCUT2D eigenvalue weighted by Gasteiger charge is -2.46. The largest absolute Gasteiger partial charge is 0.503 e. The number of likely N-dealkylation sites (tertiary alicyclic amines) is 1. The van der Waals surface area contributed by atoms with Crippen LogP contribution in [-0.2, 0) is 13.2 Å². The fraction of sp³-hybridized carbons (Fsp3) is 0.522. The van der Waals surface area contributed by atoms with Crippen LogP contribution >= 0.6 is 0 Å². The lowest BCUT2D eigenvalue weighted by molar-refractivity contribution is -0.140. The molecule has 2 aliphatic heterocycles. The summed E-state index contributed by atoms with van der Waals surface area (Å²) in [5.41, 5.74) is -2.04. The van der Waals surface area contributed by atoms with Crippen molar-refractivity contribution in [1.29, 1.82) is 0 Å². The van der Waals surface area contributed by atoms with Gasteiger partial charge >= 0.3 is 6.18 Å². The molecule has 1 spiro atoms. The molecule has 2 fully saturated rings. The highest BCUT2D eigenvalue weighted by Crippen LogP contribution is 2.43. The number of alkyl halides is 3. The highest BCUT2D eigenvalue weighted by Gasteiger charge is 2.39. The summed E-state index contributed by atoms with van der Waals surface area (Å²) in [5.74, 6) is -4.83. The smallest absolute Gasteiger partial charge is 0.419 e. The average molecular weight is 496 g/mol. The number of phenolic OH excluding ortho intramolecular Hbond substituents is 1. The van der Waals surface area contributed by atoms with Gasteiger partial charge in [-0.05, 0) is 57.3 Å². The summed E-state index contributed by atoms with van der Waals surface area (Å²) in [7, 11) is 3.66. The van der Waals surface area contributed by atoms with E-state index in [4.69, 9.17) is 0 Å². The quantitative estimate of drug-likeness (QED) is 0.533. The summed E-state index contributed by atoms with van der Waals surface area (Å²) in [6.07, 6.45) is 0.639. The highest BCUT2D eigenvalue weighted by atomic mass is 19.4. The molecule has 0 aliphatic carbocycles. The maximum atomic E-state index is 14.7. The van der Waals surface area contributed by atoms with Gasteiger partial charge in [-0.3, -0.25) is 0 Å². The second-order valence-corrected chi connectivity index (χ2v) is 9.62. The Bertz CT molecular complexity index is 1270. The van der Waals surface area contributed by atoms with Crippen LogP contribution in [-0.4, -0.2) is 63.0 Å². The van der Waals surface area contributed by atoms with Gasteiger partial charge in [0, 0.05) is 31.9 Å². The molecule has 188 valence electrons. The molecule has 4 heterocycles. The van der Waals surface area contributed by atoms with Gasteiger partial charge in [0.25, 0.3) is 0 Å². The van der Waals surface area contributed by atoms with E-state index in [0.717, 1.165) is 51.9 Å². The van der Waals surface area contributed by atoms with Gasteiger partial charge in [0.1, 0.15) is 5.69 Å². The number of nitrogens with zero attached hydrogens (tertiary/aromatic N) is 6. The molecule has 2 aliphatic rings. The van der Waals surface area contributed by atoms with Crippen LogP contribution in [0.2, 0.25) is 0 Å². The summed E-state index contributed by atoms with van der Waals surface area (Å²) in [6, 6.07) is 0.311. The molecule has 1 aromatic carbocycles. The Labute approximate surface area is 198 Å². The van der Waals surface area contributed by atoms with Gasteiger partial charge in [-0.2, -0.15) is 23.3 Å². The van der Waals surface area contributed by atoms with Crippen molar-refractivity contribution in [2.45, 2.75) is 31.9 Å². The van der Waals surface area contributed by atoms with Crippen molar-refractivity contribution in [2.75, 3.05) is 38.1 Å². The third-order valence-corrected chi connectivity index (χ3v) is 7.46. The van der Waals surface area contributed by atoms with E-state index in [1.54, 1.807) is 0 Å². The van der Waals surface area contributed by atoms with Gasteiger partial charge in [-0.1, -0.05) is 0 Å². The Morgan fingerprint density at radius 2 is 1.60 bits per heavy atom. The number of hydrogen-bond acceptors (Lipinski definition) is 6. The van der Waals surface area contributed by atoms with Crippen LogP contribution in [0.25, 0.3) is 22.3 Å². The van der Waals surface area contributed by atoms with Gasteiger partial charge in [0.05, 0.1) is 10.9 Å². The van der Waals surface area contributed by atoms with Crippen LogP contribution in [0, 0.1) is 17.0 Å². The second-order valence-electron chi connectivity index (χ2n) is 9.62. The third-order valence-electron chi connectivity index (χ3n) is 7.46. The van der Waals surface area contributed by atoms with Gasteiger partial charge in [-0.15, -0.1) is 0 Å². The number of phenols is 1. The molecule has 7 nitrogen and oxygen atoms in total. The van der Waals surface area contributed by atoms with Crippen LogP contribution < -0.4 is 4.90 Å². The maximum Gasteiger partial charge on any atom is 0.419 e. The molecule has 0 saturated carbocycles. The Morgan fingerprint density at radius 3 is 2.23 bits per heavy atom. The molecule has 35 heavy (non-hydrogen) atoms. The molecule has 3 aromatic rings. The monoisotopic (exact) mass is 496 g/mol. The third kappa shape index (κ3) is 4.07. The standard InChI is InChI=1S/C23H25F5N6O/c1-32-7-3-22(4-8-32)5-9-34(10-6-22)21-29-12-14-18(31-33(2)20(14)30-21)13-11-15(23(26,27)28)17(25)19(35)16(13)24/h11-12,35H,3-10H2,1-2H3. The molecule has 5 rings (SSSR count). The number of benzene rings is 1. The van der Waals surface area contributed by atoms with E-state index in [1.807, 2.05) is 0 Å². The number of anilines is 1. The lowest BCUT2D eigenvalue weighted by Crippen LogP contribution is -2.46. The maximum absolute atomic E-state index is 14.7. The SMILES string of the molecule is CN1CCC2(CC1)CCN(c1ncc3c(-c4cc(C(F)(F)F)c(F)c(O)c4F)nn(C)c3n1)CC2. The van der Waals surface area contributed by atoms with E-state index in [-0.39, 0.29) is 11.1 Å². The zero-order valence-corrected chi connectivity index (χ0v) is 19.3. The molecule has 0 radical (unpaired) electrons. The Balaban J connectivity index is 1.47. The fourth-order valence-corrected chi connectivity index (χ4v) is 5.16. The lowest BCUT2D eigenvalue weighted by atomic mass is 9.71. The normalized spacial score (nSPS) is 19.1. The molecule has 2 aromatic heterocycles. The molecule has 0 bridgehead atoms. The molecule has 0 unspecified atom stereocenters. The van der Waals surface area contributed by atoms with E-state index in [2.05, 4.69) is 31.9 Å². The second kappa shape index (κ2) is 8.28. The van der Waals surface area contributed by atoms with Crippen LogP contribution in [0.1, 0.15) is 31.2 Å². The van der Waals surface area contributed by atoms with Crippen LogP contribution in [0.5, 0.6) is 5.75 Å². The predicted molar refractivity (Wildman–Crippen MR) is 119 cm³/mol. The predicted octanol–water partition coefficient (Wildman–Crippen LogP) is 4.35. The number of rotatable bonds is 2. The number of aromatic nitrogens is 4. The van der Waals surface area contributed by atoms with Crippen molar-refractivity contribution in [2.24, 2.45) is 12.5 Å². The average Bonchev–Trinajstić information content (AvgIpc) is 3.15. The summed E-state index contributed by atoms with van der Waals surface area (Å²) in [5, 5.41) is 14.0. The van der Waals surface area contributed by atoms with Crippen molar-refractivity contribution in [1.82, 2.24) is 24.6 Å². The van der Waals surface area contributed by atoms with Crippen molar-refractivity contribution < 1.29 is 27.1 Å². The van der Waals surface area contributed by atoms with Gasteiger partial charge in [-0.25, -0.2) is 18.4 Å². The van der Waals surface area contributed by atoms with Gasteiger partial charge in [0.15, 0.2) is 23.0 Å². The molecule has 12 heteroatoms. The Kier molecular flexibility index (Phi) is 5.61. The number of aryl methyl sites for hydroxylation is 1. The van der Waals surface area contributed by atoms with E-state index in [0.29, 0.717) is 23.1 Å². The van der Waals surface area contributed by atoms with Crippen molar-refractivity contribution in [3.63, 3.8) is 0 Å². The van der Waals surface area contributed by atoms with Crippen LogP contribution in [0.4, 0.5) is 27.9 Å². The number of hydrogen-bond donors (Lipinski definition) is 1. The van der Waals surface area contributed by atoms with Crippen LogP contribution in [0.15, 0.2) is 12.3 Å². The summed E-state index contributed by atoms with van der Waals surface area (Å²) < 4.78 is 69.7. The summed E-state index contributed by atoms with van der Waals surface area (Å²) in [4.78, 5) is 13.4.